The van der Waals surface area contributed by atoms with Crippen LogP contribution in [0, 0.1) is 0 Å². The number of nitrogens with zero attached hydrogens (tertiary/aromatic N) is 1. The molecule has 0 radical (unpaired) electrons. The highest BCUT2D eigenvalue weighted by atomic mass is 35.5. The molecule has 2 rings (SSSR count). The van der Waals surface area contributed by atoms with Crippen molar-refractivity contribution >= 4 is 51.9 Å². The van der Waals surface area contributed by atoms with E-state index in [0.29, 0.717) is 20.8 Å². The Morgan fingerprint density at radius 2 is 1.64 bits per heavy atom. The van der Waals surface area contributed by atoms with Crippen LogP contribution in [0.2, 0.25) is 15.1 Å². The molecule has 0 aliphatic carbocycles. The van der Waals surface area contributed by atoms with Gasteiger partial charge in [-0.15, -0.1) is 0 Å². The van der Waals surface area contributed by atoms with E-state index in [1.54, 1.807) is 18.2 Å². The largest absolute Gasteiger partial charge is 0.388 e. The molecule has 0 atom stereocenters. The quantitative estimate of drug-likeness (QED) is 0.515. The predicted molar refractivity (Wildman–Crippen MR) is 97.9 cm³/mol. The zero-order chi connectivity index (χ0) is 16.1. The first kappa shape index (κ1) is 16.9. The van der Waals surface area contributed by atoms with Gasteiger partial charge in [-0.05, 0) is 42.8 Å². The zero-order valence-electron chi connectivity index (χ0n) is 12.3. The lowest BCUT2D eigenvalue weighted by molar-refractivity contribution is 1.22. The average molecular weight is 357 g/mol. The Morgan fingerprint density at radius 1 is 1.00 bits per heavy atom. The highest BCUT2D eigenvalue weighted by molar-refractivity contribution is 6.36. The minimum absolute atomic E-state index is 0.520. The van der Waals surface area contributed by atoms with Crippen molar-refractivity contribution in [2.45, 2.75) is 13.3 Å². The molecule has 0 spiro atoms. The van der Waals surface area contributed by atoms with Crippen molar-refractivity contribution in [2.24, 2.45) is 5.10 Å². The molecule has 0 aromatic heterocycles. The fourth-order valence-electron chi connectivity index (χ4n) is 2.01. The van der Waals surface area contributed by atoms with Crippen LogP contribution in [0.5, 0.6) is 0 Å². The summed E-state index contributed by atoms with van der Waals surface area (Å²) in [5.41, 5.74) is 6.48. The van der Waals surface area contributed by atoms with Gasteiger partial charge in [0.25, 0.3) is 0 Å². The first-order valence-corrected chi connectivity index (χ1v) is 7.93. The van der Waals surface area contributed by atoms with Gasteiger partial charge in [-0.3, -0.25) is 5.43 Å². The van der Waals surface area contributed by atoms with Crippen molar-refractivity contribution in [1.29, 1.82) is 0 Å². The van der Waals surface area contributed by atoms with Crippen molar-refractivity contribution in [1.82, 2.24) is 0 Å². The van der Waals surface area contributed by atoms with Gasteiger partial charge in [0.15, 0.2) is 0 Å². The summed E-state index contributed by atoms with van der Waals surface area (Å²) in [6, 6.07) is 10.9. The van der Waals surface area contributed by atoms with E-state index >= 15 is 0 Å². The van der Waals surface area contributed by atoms with Crippen LogP contribution in [0.4, 0.5) is 11.4 Å². The Bertz CT molecular complexity index is 699. The van der Waals surface area contributed by atoms with Crippen LogP contribution in [-0.2, 0) is 0 Å². The maximum absolute atomic E-state index is 6.14. The Morgan fingerprint density at radius 3 is 2.23 bits per heavy atom. The van der Waals surface area contributed by atoms with Gasteiger partial charge in [-0.25, -0.2) is 0 Å². The first-order valence-electron chi connectivity index (χ1n) is 6.80. The second-order valence-corrected chi connectivity index (χ2v) is 5.87. The Hall–Kier alpha value is -1.42. The molecule has 0 aliphatic heterocycles. The van der Waals surface area contributed by atoms with Gasteiger partial charge in [-0.2, -0.15) is 5.10 Å². The number of halogens is 3. The molecular weight excluding hydrogens is 341 g/mol. The molecule has 0 fully saturated rings. The van der Waals surface area contributed by atoms with E-state index in [1.165, 1.54) is 0 Å². The summed E-state index contributed by atoms with van der Waals surface area (Å²) in [7, 11) is 1.86. The molecule has 2 N–H and O–H groups in total. The highest BCUT2D eigenvalue weighted by Gasteiger charge is 2.09. The third-order valence-electron chi connectivity index (χ3n) is 3.14. The second kappa shape index (κ2) is 7.73. The van der Waals surface area contributed by atoms with Gasteiger partial charge in [0.05, 0.1) is 16.4 Å². The summed E-state index contributed by atoms with van der Waals surface area (Å²) < 4.78 is 0. The van der Waals surface area contributed by atoms with Gasteiger partial charge < -0.3 is 5.32 Å². The average Bonchev–Trinajstić information content (AvgIpc) is 2.50. The van der Waals surface area contributed by atoms with Crippen molar-refractivity contribution in [3.05, 3.63) is 57.0 Å². The lowest BCUT2D eigenvalue weighted by atomic mass is 10.1. The van der Waals surface area contributed by atoms with E-state index in [4.69, 9.17) is 34.8 Å². The predicted octanol–water partition coefficient (Wildman–Crippen LogP) is 5.91. The standard InChI is InChI=1S/C16H16Cl3N3/c1-3-14(12-8-10(17)4-6-15(12)20-2)21-22-16-7-5-11(18)9-13(16)19/h4-9,20,22H,3H2,1-2H3/b21-14+. The van der Waals surface area contributed by atoms with E-state index in [9.17, 15) is 0 Å². The van der Waals surface area contributed by atoms with Crippen molar-refractivity contribution < 1.29 is 0 Å². The molecule has 22 heavy (non-hydrogen) atoms. The van der Waals surface area contributed by atoms with E-state index in [1.807, 2.05) is 32.2 Å². The van der Waals surface area contributed by atoms with E-state index in [-0.39, 0.29) is 0 Å². The monoisotopic (exact) mass is 355 g/mol. The molecule has 116 valence electrons. The molecule has 0 saturated heterocycles. The van der Waals surface area contributed by atoms with Gasteiger partial charge >= 0.3 is 0 Å². The van der Waals surface area contributed by atoms with Crippen LogP contribution in [0.1, 0.15) is 18.9 Å². The minimum Gasteiger partial charge on any atom is -0.388 e. The van der Waals surface area contributed by atoms with Gasteiger partial charge in [0.2, 0.25) is 0 Å². The second-order valence-electron chi connectivity index (χ2n) is 4.59. The lowest BCUT2D eigenvalue weighted by Crippen LogP contribution is -2.07. The molecule has 3 nitrogen and oxygen atoms in total. The molecular formula is C16H16Cl3N3. The van der Waals surface area contributed by atoms with Gasteiger partial charge in [0, 0.05) is 28.3 Å². The fourth-order valence-corrected chi connectivity index (χ4v) is 2.63. The smallest absolute Gasteiger partial charge is 0.0749 e. The van der Waals surface area contributed by atoms with Crippen LogP contribution in [0.3, 0.4) is 0 Å². The van der Waals surface area contributed by atoms with E-state index in [2.05, 4.69) is 15.8 Å². The Kier molecular flexibility index (Phi) is 5.95. The third-order valence-corrected chi connectivity index (χ3v) is 3.92. The summed E-state index contributed by atoms with van der Waals surface area (Å²) in [5, 5.41) is 9.38. The summed E-state index contributed by atoms with van der Waals surface area (Å²) in [4.78, 5) is 0. The summed E-state index contributed by atoms with van der Waals surface area (Å²) in [6.45, 7) is 2.03. The molecule has 2 aromatic carbocycles. The van der Waals surface area contributed by atoms with Crippen molar-refractivity contribution in [3.8, 4) is 0 Å². The molecule has 6 heteroatoms. The van der Waals surface area contributed by atoms with Crippen LogP contribution in [0.15, 0.2) is 41.5 Å². The first-order chi connectivity index (χ1) is 10.5. The molecule has 0 bridgehead atoms. The number of hydrogen-bond donors (Lipinski definition) is 2. The summed E-state index contributed by atoms with van der Waals surface area (Å²) in [5.74, 6) is 0. The fraction of sp³-hybridized carbons (Fsp3) is 0.188. The lowest BCUT2D eigenvalue weighted by Gasteiger charge is -2.12. The van der Waals surface area contributed by atoms with Crippen molar-refractivity contribution in [3.63, 3.8) is 0 Å². The van der Waals surface area contributed by atoms with Gasteiger partial charge in [-0.1, -0.05) is 41.7 Å². The molecule has 0 unspecified atom stereocenters. The maximum Gasteiger partial charge on any atom is 0.0749 e. The number of rotatable bonds is 5. The topological polar surface area (TPSA) is 36.4 Å². The van der Waals surface area contributed by atoms with E-state index < -0.39 is 0 Å². The third kappa shape index (κ3) is 4.07. The van der Waals surface area contributed by atoms with E-state index in [0.717, 1.165) is 23.4 Å². The van der Waals surface area contributed by atoms with Crippen LogP contribution in [0.25, 0.3) is 0 Å². The minimum atomic E-state index is 0.520. The number of anilines is 2. The van der Waals surface area contributed by atoms with Crippen LogP contribution >= 0.6 is 34.8 Å². The van der Waals surface area contributed by atoms with Crippen LogP contribution < -0.4 is 10.7 Å². The zero-order valence-corrected chi connectivity index (χ0v) is 14.5. The SMILES string of the molecule is CC/C(=N\Nc1ccc(Cl)cc1Cl)c1cc(Cl)ccc1NC. The highest BCUT2D eigenvalue weighted by Crippen LogP contribution is 2.26. The molecule has 0 aliphatic rings. The van der Waals surface area contributed by atoms with Gasteiger partial charge in [0.1, 0.15) is 0 Å². The molecule has 0 heterocycles. The number of hydrazone groups is 1. The summed E-state index contributed by atoms with van der Waals surface area (Å²) in [6.07, 6.45) is 0.743. The molecule has 0 saturated carbocycles. The molecule has 2 aromatic rings. The Labute approximate surface area is 145 Å². The number of benzene rings is 2. The number of nitrogens with one attached hydrogen (secondary N) is 2. The normalized spacial score (nSPS) is 11.4. The summed E-state index contributed by atoms with van der Waals surface area (Å²) >= 11 is 18.1. The maximum atomic E-state index is 6.14. The molecule has 0 amide bonds. The van der Waals surface area contributed by atoms with Crippen molar-refractivity contribution in [2.75, 3.05) is 17.8 Å². The number of hydrogen-bond acceptors (Lipinski definition) is 3. The van der Waals surface area contributed by atoms with Crippen LogP contribution in [-0.4, -0.2) is 12.8 Å². The Balaban J connectivity index is 2.33.